The molecule has 2 fully saturated rings. The number of carbonyl (C=O) groups is 1. The highest BCUT2D eigenvalue weighted by Gasteiger charge is 2.36. The number of carbonyl (C=O) groups excluding carboxylic acids is 1. The Hall–Kier alpha value is -1.52. The van der Waals surface area contributed by atoms with Gasteiger partial charge in [-0.15, -0.1) is 0 Å². The summed E-state index contributed by atoms with van der Waals surface area (Å²) in [6.45, 7) is 1.33. The molecule has 0 aliphatic heterocycles. The fraction of sp³-hybridized carbons (Fsp3) is 0.588. The predicted molar refractivity (Wildman–Crippen MR) is 76.2 cm³/mol. The van der Waals surface area contributed by atoms with Gasteiger partial charge in [-0.3, -0.25) is 4.79 Å². The van der Waals surface area contributed by atoms with E-state index in [-0.39, 0.29) is 43.1 Å². The molecule has 2 aliphatic rings. The van der Waals surface area contributed by atoms with Gasteiger partial charge in [-0.2, -0.15) is 0 Å². The van der Waals surface area contributed by atoms with Crippen LogP contribution in [0.1, 0.15) is 67.3 Å². The van der Waals surface area contributed by atoms with Crippen LogP contribution in [0.15, 0.2) is 12.1 Å². The van der Waals surface area contributed by atoms with E-state index in [0.717, 1.165) is 18.4 Å². The summed E-state index contributed by atoms with van der Waals surface area (Å²) >= 11 is 0. The van der Waals surface area contributed by atoms with Crippen LogP contribution in [0.2, 0.25) is 0 Å². The van der Waals surface area contributed by atoms with Crippen molar-refractivity contribution in [3.8, 4) is 5.75 Å². The third kappa shape index (κ3) is 3.28. The summed E-state index contributed by atoms with van der Waals surface area (Å²) in [4.78, 5) is 11.5. The van der Waals surface area contributed by atoms with Crippen LogP contribution in [0.5, 0.6) is 5.75 Å². The van der Waals surface area contributed by atoms with E-state index in [9.17, 15) is 18.0 Å². The number of rotatable bonds is 4. The summed E-state index contributed by atoms with van der Waals surface area (Å²) in [6, 6.07) is 2.82. The topological polar surface area (TPSA) is 26.3 Å². The van der Waals surface area contributed by atoms with Gasteiger partial charge in [-0.1, -0.05) is 0 Å². The highest BCUT2D eigenvalue weighted by atomic mass is 19.3. The summed E-state index contributed by atoms with van der Waals surface area (Å²) in [5.74, 6) is -2.82. The smallest absolute Gasteiger partial charge is 0.248 e. The van der Waals surface area contributed by atoms with Crippen molar-refractivity contribution in [2.24, 2.45) is 0 Å². The van der Waals surface area contributed by atoms with Crippen LogP contribution in [0.3, 0.4) is 0 Å². The Kier molecular flexibility index (Phi) is 3.91. The van der Waals surface area contributed by atoms with Crippen molar-refractivity contribution in [1.82, 2.24) is 0 Å². The van der Waals surface area contributed by atoms with Crippen LogP contribution in [0.4, 0.5) is 13.2 Å². The minimum absolute atomic E-state index is 0.0735. The second-order valence-corrected chi connectivity index (χ2v) is 6.37. The molecule has 3 rings (SSSR count). The van der Waals surface area contributed by atoms with Crippen molar-refractivity contribution in [2.45, 2.75) is 63.4 Å². The third-order valence-electron chi connectivity index (χ3n) is 4.45. The number of halogens is 3. The zero-order valence-electron chi connectivity index (χ0n) is 12.5. The average molecular weight is 312 g/mol. The van der Waals surface area contributed by atoms with E-state index < -0.39 is 11.7 Å². The molecule has 0 unspecified atom stereocenters. The highest BCUT2D eigenvalue weighted by Crippen LogP contribution is 2.46. The maximum Gasteiger partial charge on any atom is 0.248 e. The number of alkyl halides is 2. The minimum atomic E-state index is -2.61. The lowest BCUT2D eigenvalue weighted by Crippen LogP contribution is -2.31. The number of ketones is 1. The SMILES string of the molecule is CC(=O)c1cc(C2CC2)c(OC2CCC(F)(F)CC2)cc1F. The second kappa shape index (κ2) is 5.60. The lowest BCUT2D eigenvalue weighted by molar-refractivity contribution is -0.0583. The molecule has 0 spiro atoms. The molecule has 0 saturated heterocycles. The Morgan fingerprint density at radius 2 is 1.82 bits per heavy atom. The molecule has 0 atom stereocenters. The third-order valence-corrected chi connectivity index (χ3v) is 4.45. The van der Waals surface area contributed by atoms with Crippen LogP contribution in [0, 0.1) is 5.82 Å². The first-order valence-corrected chi connectivity index (χ1v) is 7.74. The fourth-order valence-corrected chi connectivity index (χ4v) is 2.97. The van der Waals surface area contributed by atoms with Crippen molar-refractivity contribution in [3.05, 3.63) is 29.1 Å². The predicted octanol–water partition coefficient (Wildman–Crippen LogP) is 4.86. The van der Waals surface area contributed by atoms with E-state index in [1.807, 2.05) is 0 Å². The Balaban J connectivity index is 1.81. The number of Topliss-reactive ketones (excluding diaryl/α,β-unsaturated/α-hetero) is 1. The first kappa shape index (κ1) is 15.4. The molecule has 0 heterocycles. The second-order valence-electron chi connectivity index (χ2n) is 6.37. The van der Waals surface area contributed by atoms with E-state index >= 15 is 0 Å². The molecule has 2 saturated carbocycles. The van der Waals surface area contributed by atoms with E-state index in [1.54, 1.807) is 6.07 Å². The van der Waals surface area contributed by atoms with Crippen molar-refractivity contribution >= 4 is 5.78 Å². The number of ether oxygens (including phenoxy) is 1. The molecule has 0 N–H and O–H groups in total. The first-order valence-electron chi connectivity index (χ1n) is 7.74. The quantitative estimate of drug-likeness (QED) is 0.742. The van der Waals surface area contributed by atoms with Gasteiger partial charge in [0.15, 0.2) is 5.78 Å². The van der Waals surface area contributed by atoms with Crippen molar-refractivity contribution in [2.75, 3.05) is 0 Å². The normalized spacial score (nSPS) is 21.6. The Labute approximate surface area is 127 Å². The first-order chi connectivity index (χ1) is 10.4. The summed E-state index contributed by atoms with van der Waals surface area (Å²) in [7, 11) is 0. The summed E-state index contributed by atoms with van der Waals surface area (Å²) < 4.78 is 46.2. The van der Waals surface area contributed by atoms with E-state index in [0.29, 0.717) is 11.7 Å². The van der Waals surface area contributed by atoms with Crippen molar-refractivity contribution in [3.63, 3.8) is 0 Å². The van der Waals surface area contributed by atoms with Crippen molar-refractivity contribution < 1.29 is 22.7 Å². The molecule has 0 aromatic heterocycles. The van der Waals surface area contributed by atoms with Gasteiger partial charge in [-0.05, 0) is 50.2 Å². The van der Waals surface area contributed by atoms with Gasteiger partial charge in [0.1, 0.15) is 11.6 Å². The van der Waals surface area contributed by atoms with Crippen LogP contribution >= 0.6 is 0 Å². The molecule has 1 aromatic rings. The van der Waals surface area contributed by atoms with Crippen LogP contribution in [-0.4, -0.2) is 17.8 Å². The monoisotopic (exact) mass is 312 g/mol. The highest BCUT2D eigenvalue weighted by molar-refractivity contribution is 5.94. The number of hydrogen-bond acceptors (Lipinski definition) is 2. The Morgan fingerprint density at radius 1 is 1.18 bits per heavy atom. The molecule has 2 aliphatic carbocycles. The largest absolute Gasteiger partial charge is 0.490 e. The zero-order valence-corrected chi connectivity index (χ0v) is 12.5. The Morgan fingerprint density at radius 3 is 2.36 bits per heavy atom. The summed E-state index contributed by atoms with van der Waals surface area (Å²) in [5, 5.41) is 0. The van der Waals surface area contributed by atoms with Gasteiger partial charge in [0.2, 0.25) is 5.92 Å². The molecular formula is C17H19F3O2. The minimum Gasteiger partial charge on any atom is -0.490 e. The van der Waals surface area contributed by atoms with E-state index in [4.69, 9.17) is 4.74 Å². The average Bonchev–Trinajstić information content (AvgIpc) is 3.25. The molecule has 120 valence electrons. The number of benzene rings is 1. The Bertz CT molecular complexity index is 584. The lowest BCUT2D eigenvalue weighted by Gasteiger charge is -2.29. The van der Waals surface area contributed by atoms with Gasteiger partial charge < -0.3 is 4.74 Å². The zero-order chi connectivity index (χ0) is 15.9. The van der Waals surface area contributed by atoms with Crippen LogP contribution in [0.25, 0.3) is 0 Å². The van der Waals surface area contributed by atoms with Gasteiger partial charge in [0.25, 0.3) is 0 Å². The summed E-state index contributed by atoms with van der Waals surface area (Å²) in [6.07, 6.45) is 1.83. The maximum atomic E-state index is 14.0. The van der Waals surface area contributed by atoms with Gasteiger partial charge in [-0.25, -0.2) is 13.2 Å². The molecule has 0 bridgehead atoms. The van der Waals surface area contributed by atoms with Gasteiger partial charge in [0, 0.05) is 18.9 Å². The van der Waals surface area contributed by atoms with Gasteiger partial charge >= 0.3 is 0 Å². The van der Waals surface area contributed by atoms with E-state index in [2.05, 4.69) is 0 Å². The van der Waals surface area contributed by atoms with E-state index in [1.165, 1.54) is 13.0 Å². The molecule has 2 nitrogen and oxygen atoms in total. The molecule has 1 aromatic carbocycles. The summed E-state index contributed by atoms with van der Waals surface area (Å²) in [5.41, 5.74) is 0.911. The molecule has 0 amide bonds. The maximum absolute atomic E-state index is 14.0. The van der Waals surface area contributed by atoms with Crippen LogP contribution < -0.4 is 4.74 Å². The van der Waals surface area contributed by atoms with Crippen molar-refractivity contribution in [1.29, 1.82) is 0 Å². The fourth-order valence-electron chi connectivity index (χ4n) is 2.97. The molecule has 22 heavy (non-hydrogen) atoms. The molecule has 5 heteroatoms. The van der Waals surface area contributed by atoms with Gasteiger partial charge in [0.05, 0.1) is 11.7 Å². The number of hydrogen-bond donors (Lipinski definition) is 0. The van der Waals surface area contributed by atoms with Crippen LogP contribution in [-0.2, 0) is 0 Å². The molecular weight excluding hydrogens is 293 g/mol. The standard InChI is InChI=1S/C17H19F3O2/c1-10(21)13-8-14(11-2-3-11)16(9-15(13)18)22-12-4-6-17(19,20)7-5-12/h8-9,11-12H,2-7H2,1H3. The lowest BCUT2D eigenvalue weighted by atomic mass is 9.94. The molecule has 0 radical (unpaired) electrons.